The third-order valence-corrected chi connectivity index (χ3v) is 6.37. The largest absolute Gasteiger partial charge is 0.441 e. The fourth-order valence-corrected chi connectivity index (χ4v) is 4.54. The molecule has 178 valence electrons. The van der Waals surface area contributed by atoms with Crippen molar-refractivity contribution in [3.63, 3.8) is 0 Å². The SMILES string of the molecule is CCCN1CCC(C#N)(N(C)C(=O)[C@@H](CC(C)(C)C)Nc2nc(=O)oc3ccccc23)CC1. The van der Waals surface area contributed by atoms with Crippen LogP contribution in [0.3, 0.4) is 0 Å². The van der Waals surface area contributed by atoms with E-state index in [0.717, 1.165) is 26.1 Å². The van der Waals surface area contributed by atoms with Crippen LogP contribution < -0.4 is 11.1 Å². The summed E-state index contributed by atoms with van der Waals surface area (Å²) in [7, 11) is 1.73. The minimum Gasteiger partial charge on any atom is -0.408 e. The predicted octanol–water partition coefficient (Wildman–Crippen LogP) is 3.63. The number of aromatic nitrogens is 1. The maximum atomic E-state index is 13.8. The van der Waals surface area contributed by atoms with Gasteiger partial charge >= 0.3 is 5.76 Å². The summed E-state index contributed by atoms with van der Waals surface area (Å²) in [4.78, 5) is 33.8. The van der Waals surface area contributed by atoms with Gasteiger partial charge in [0.25, 0.3) is 0 Å². The van der Waals surface area contributed by atoms with Gasteiger partial charge < -0.3 is 19.5 Å². The Hall–Kier alpha value is -2.92. The fourth-order valence-electron chi connectivity index (χ4n) is 4.54. The number of para-hydroxylation sites is 1. The highest BCUT2D eigenvalue weighted by atomic mass is 16.4. The normalized spacial score (nSPS) is 17.3. The van der Waals surface area contributed by atoms with E-state index in [-0.39, 0.29) is 11.3 Å². The van der Waals surface area contributed by atoms with Crippen LogP contribution in [0.15, 0.2) is 33.5 Å². The van der Waals surface area contributed by atoms with Gasteiger partial charge in [0.2, 0.25) is 5.91 Å². The monoisotopic (exact) mass is 453 g/mol. The predicted molar refractivity (Wildman–Crippen MR) is 129 cm³/mol. The molecule has 0 bridgehead atoms. The van der Waals surface area contributed by atoms with Crippen LogP contribution in [0.2, 0.25) is 0 Å². The lowest BCUT2D eigenvalue weighted by Gasteiger charge is -2.44. The summed E-state index contributed by atoms with van der Waals surface area (Å²) in [6.07, 6.45) is 2.81. The molecule has 33 heavy (non-hydrogen) atoms. The van der Waals surface area contributed by atoms with Gasteiger partial charge in [-0.05, 0) is 49.8 Å². The number of rotatable bonds is 7. The molecule has 1 amide bonds. The zero-order valence-corrected chi connectivity index (χ0v) is 20.4. The topological polar surface area (TPSA) is 102 Å². The first-order chi connectivity index (χ1) is 15.6. The van der Waals surface area contributed by atoms with Crippen molar-refractivity contribution in [1.29, 1.82) is 5.26 Å². The van der Waals surface area contributed by atoms with Crippen LogP contribution >= 0.6 is 0 Å². The van der Waals surface area contributed by atoms with Crippen LogP contribution in [0.5, 0.6) is 0 Å². The molecule has 0 unspecified atom stereocenters. The van der Waals surface area contributed by atoms with Gasteiger partial charge in [-0.3, -0.25) is 4.79 Å². The molecule has 1 N–H and O–H groups in total. The van der Waals surface area contributed by atoms with E-state index < -0.39 is 17.3 Å². The summed E-state index contributed by atoms with van der Waals surface area (Å²) >= 11 is 0. The molecule has 3 rings (SSSR count). The molecule has 1 aliphatic heterocycles. The molecule has 0 spiro atoms. The average molecular weight is 454 g/mol. The van der Waals surface area contributed by atoms with Crippen molar-refractivity contribution in [1.82, 2.24) is 14.8 Å². The van der Waals surface area contributed by atoms with E-state index in [4.69, 9.17) is 4.42 Å². The molecule has 0 saturated carbocycles. The maximum Gasteiger partial charge on any atom is 0.441 e. The minimum absolute atomic E-state index is 0.172. The van der Waals surface area contributed by atoms with Crippen molar-refractivity contribution in [3.05, 3.63) is 34.8 Å². The Morgan fingerprint density at radius 2 is 2.00 bits per heavy atom. The molecule has 2 heterocycles. The Kier molecular flexibility index (Phi) is 7.43. The molecule has 1 aliphatic rings. The number of likely N-dealkylation sites (N-methyl/N-ethyl adjacent to an activating group) is 1. The second-order valence-corrected chi connectivity index (χ2v) is 10.2. The highest BCUT2D eigenvalue weighted by molar-refractivity contribution is 5.91. The third kappa shape index (κ3) is 5.72. The Labute approximate surface area is 195 Å². The standard InChI is InChI=1S/C25H35N5O3/c1-6-13-30-14-11-25(17-26,12-15-30)29(5)22(31)19(16-24(2,3)4)27-21-18-9-7-8-10-20(18)33-23(32)28-21/h7-10,19H,6,11-16H2,1-5H3,(H,27,28,32)/t19-/m1/s1. The Bertz CT molecular complexity index is 1070. The first kappa shape index (κ1) is 24.7. The molecule has 0 radical (unpaired) electrons. The number of anilines is 1. The van der Waals surface area contributed by atoms with Crippen molar-refractivity contribution in [2.45, 2.75) is 65.0 Å². The number of nitriles is 1. The van der Waals surface area contributed by atoms with Crippen LogP contribution in [0.4, 0.5) is 5.82 Å². The van der Waals surface area contributed by atoms with Gasteiger partial charge in [0.05, 0.1) is 11.5 Å². The lowest BCUT2D eigenvalue weighted by atomic mass is 9.84. The minimum atomic E-state index is -0.843. The number of nitrogens with one attached hydrogen (secondary N) is 1. The average Bonchev–Trinajstić information content (AvgIpc) is 2.77. The molecule has 0 aliphatic carbocycles. The number of hydrogen-bond acceptors (Lipinski definition) is 7. The molecule has 8 heteroatoms. The van der Waals surface area contributed by atoms with Gasteiger partial charge in [0.1, 0.15) is 23.0 Å². The summed E-state index contributed by atoms with van der Waals surface area (Å²) < 4.78 is 5.20. The van der Waals surface area contributed by atoms with Crippen molar-refractivity contribution >= 4 is 22.7 Å². The van der Waals surface area contributed by atoms with Gasteiger partial charge in [0, 0.05) is 20.1 Å². The summed E-state index contributed by atoms with van der Waals surface area (Å²) in [6, 6.07) is 8.92. The summed E-state index contributed by atoms with van der Waals surface area (Å²) in [6.45, 7) is 10.9. The number of likely N-dealkylation sites (tertiary alicyclic amines) is 1. The van der Waals surface area contributed by atoms with E-state index in [1.165, 1.54) is 0 Å². The number of piperidine rings is 1. The van der Waals surface area contributed by atoms with Gasteiger partial charge in [-0.1, -0.05) is 39.8 Å². The number of benzene rings is 1. The number of carbonyl (C=O) groups is 1. The van der Waals surface area contributed by atoms with Crippen LogP contribution in [-0.4, -0.2) is 59.0 Å². The molecule has 1 aromatic heterocycles. The van der Waals surface area contributed by atoms with E-state index in [2.05, 4.69) is 49.0 Å². The fraction of sp³-hybridized carbons (Fsp3) is 0.600. The molecule has 1 saturated heterocycles. The smallest absolute Gasteiger partial charge is 0.408 e. The zero-order chi connectivity index (χ0) is 24.2. The maximum absolute atomic E-state index is 13.8. The lowest BCUT2D eigenvalue weighted by molar-refractivity contribution is -0.136. The van der Waals surface area contributed by atoms with Crippen LogP contribution in [-0.2, 0) is 4.79 Å². The van der Waals surface area contributed by atoms with Crippen LogP contribution in [0.1, 0.15) is 53.4 Å². The van der Waals surface area contributed by atoms with Gasteiger partial charge in [0.15, 0.2) is 0 Å². The highest BCUT2D eigenvalue weighted by Gasteiger charge is 2.43. The van der Waals surface area contributed by atoms with Crippen molar-refractivity contribution in [3.8, 4) is 6.07 Å². The number of amides is 1. The van der Waals surface area contributed by atoms with Crippen molar-refractivity contribution in [2.24, 2.45) is 5.41 Å². The van der Waals surface area contributed by atoms with Crippen LogP contribution in [0.25, 0.3) is 11.0 Å². The molecular weight excluding hydrogens is 418 g/mol. The van der Waals surface area contributed by atoms with Gasteiger partial charge in [-0.2, -0.15) is 10.2 Å². The van der Waals surface area contributed by atoms with E-state index in [0.29, 0.717) is 36.0 Å². The molecule has 1 aromatic carbocycles. The Morgan fingerprint density at radius 1 is 1.33 bits per heavy atom. The Morgan fingerprint density at radius 3 is 2.61 bits per heavy atom. The molecular formula is C25H35N5O3. The van der Waals surface area contributed by atoms with E-state index in [1.54, 1.807) is 30.1 Å². The second kappa shape index (κ2) is 9.92. The summed E-state index contributed by atoms with van der Waals surface area (Å²) in [5.74, 6) is -0.570. The van der Waals surface area contributed by atoms with E-state index in [1.807, 2.05) is 6.07 Å². The van der Waals surface area contributed by atoms with E-state index in [9.17, 15) is 14.9 Å². The molecule has 2 aromatic rings. The number of nitrogens with zero attached hydrogens (tertiary/aromatic N) is 4. The number of carbonyl (C=O) groups excluding carboxylic acids is 1. The quantitative estimate of drug-likeness (QED) is 0.683. The first-order valence-corrected chi connectivity index (χ1v) is 11.7. The number of fused-ring (bicyclic) bond motifs is 1. The van der Waals surface area contributed by atoms with Gasteiger partial charge in [-0.25, -0.2) is 4.79 Å². The van der Waals surface area contributed by atoms with Crippen LogP contribution in [0, 0.1) is 16.7 Å². The summed E-state index contributed by atoms with van der Waals surface area (Å²) in [5, 5.41) is 14.0. The third-order valence-electron chi connectivity index (χ3n) is 6.37. The zero-order valence-electron chi connectivity index (χ0n) is 20.4. The first-order valence-electron chi connectivity index (χ1n) is 11.7. The van der Waals surface area contributed by atoms with Crippen molar-refractivity contribution < 1.29 is 9.21 Å². The molecule has 1 atom stereocenters. The molecule has 1 fully saturated rings. The Balaban J connectivity index is 1.90. The molecule has 8 nitrogen and oxygen atoms in total. The lowest BCUT2D eigenvalue weighted by Crippen LogP contribution is -2.58. The van der Waals surface area contributed by atoms with E-state index >= 15 is 0 Å². The second-order valence-electron chi connectivity index (χ2n) is 10.2. The highest BCUT2D eigenvalue weighted by Crippen LogP contribution is 2.31. The summed E-state index contributed by atoms with van der Waals surface area (Å²) in [5.41, 5.74) is -0.606. The number of hydrogen-bond donors (Lipinski definition) is 1. The van der Waals surface area contributed by atoms with Gasteiger partial charge in [-0.15, -0.1) is 0 Å². The van der Waals surface area contributed by atoms with Crippen molar-refractivity contribution in [2.75, 3.05) is 32.0 Å².